The Morgan fingerprint density at radius 1 is 1.09 bits per heavy atom. The monoisotopic (exact) mass is 301 g/mol. The van der Waals surface area contributed by atoms with Crippen LogP contribution in [0.5, 0.6) is 5.75 Å². The van der Waals surface area contributed by atoms with Gasteiger partial charge in [0.25, 0.3) is 0 Å². The highest BCUT2D eigenvalue weighted by molar-refractivity contribution is 6.06. The number of guanidine groups is 2. The molecule has 2 aliphatic rings. The SMILES string of the molecule is Cc1cc(O)c(N2C(N)=NC(N)=NC23CCCCC3)cc1C. The van der Waals surface area contributed by atoms with E-state index in [1.807, 2.05) is 24.8 Å². The lowest BCUT2D eigenvalue weighted by atomic mass is 9.87. The molecule has 1 aliphatic carbocycles. The number of aliphatic imine (C=N–C) groups is 2. The number of nitrogens with zero attached hydrogens (tertiary/aromatic N) is 3. The van der Waals surface area contributed by atoms with E-state index in [4.69, 9.17) is 11.5 Å². The third-order valence-corrected chi connectivity index (χ3v) is 4.68. The third-order valence-electron chi connectivity index (χ3n) is 4.68. The molecule has 0 amide bonds. The van der Waals surface area contributed by atoms with Gasteiger partial charge in [0.05, 0.1) is 5.69 Å². The summed E-state index contributed by atoms with van der Waals surface area (Å²) in [4.78, 5) is 10.6. The van der Waals surface area contributed by atoms with Gasteiger partial charge in [-0.05, 0) is 62.8 Å². The molecule has 1 aromatic carbocycles. The van der Waals surface area contributed by atoms with Crippen molar-refractivity contribution in [1.29, 1.82) is 0 Å². The second kappa shape index (κ2) is 5.19. The van der Waals surface area contributed by atoms with Crippen LogP contribution in [0, 0.1) is 13.8 Å². The fourth-order valence-electron chi connectivity index (χ4n) is 3.43. The fraction of sp³-hybridized carbons (Fsp3) is 0.500. The van der Waals surface area contributed by atoms with Gasteiger partial charge in [0.2, 0.25) is 11.9 Å². The van der Waals surface area contributed by atoms with E-state index in [0.717, 1.165) is 36.8 Å². The number of aryl methyl sites for hydroxylation is 2. The van der Waals surface area contributed by atoms with E-state index in [1.54, 1.807) is 6.07 Å². The number of benzene rings is 1. The van der Waals surface area contributed by atoms with Crippen molar-refractivity contribution in [3.8, 4) is 5.75 Å². The molecule has 118 valence electrons. The van der Waals surface area contributed by atoms with Gasteiger partial charge in [-0.3, -0.25) is 4.90 Å². The molecule has 1 fully saturated rings. The molecule has 6 heteroatoms. The molecular formula is C16H23N5O. The highest BCUT2D eigenvalue weighted by Crippen LogP contribution is 2.42. The molecule has 1 aromatic rings. The van der Waals surface area contributed by atoms with Crippen molar-refractivity contribution in [2.45, 2.75) is 51.6 Å². The summed E-state index contributed by atoms with van der Waals surface area (Å²) in [5, 5.41) is 10.4. The van der Waals surface area contributed by atoms with Crippen molar-refractivity contribution in [2.24, 2.45) is 21.5 Å². The van der Waals surface area contributed by atoms with Gasteiger partial charge in [-0.15, -0.1) is 0 Å². The smallest absolute Gasteiger partial charge is 0.220 e. The Bertz CT molecular complexity index is 659. The van der Waals surface area contributed by atoms with E-state index >= 15 is 0 Å². The molecule has 0 unspecified atom stereocenters. The second-order valence-corrected chi connectivity index (χ2v) is 6.24. The molecule has 3 rings (SSSR count). The lowest BCUT2D eigenvalue weighted by Crippen LogP contribution is -2.58. The van der Waals surface area contributed by atoms with Gasteiger partial charge in [-0.1, -0.05) is 6.42 Å². The van der Waals surface area contributed by atoms with Gasteiger partial charge in [-0.25, -0.2) is 4.99 Å². The second-order valence-electron chi connectivity index (χ2n) is 6.24. The van der Waals surface area contributed by atoms with Crippen molar-refractivity contribution in [1.82, 2.24) is 0 Å². The Labute approximate surface area is 130 Å². The van der Waals surface area contributed by atoms with E-state index in [2.05, 4.69) is 9.98 Å². The molecule has 5 N–H and O–H groups in total. The summed E-state index contributed by atoms with van der Waals surface area (Å²) in [6, 6.07) is 3.70. The molecule has 1 aliphatic heterocycles. The Hall–Kier alpha value is -2.24. The molecule has 0 radical (unpaired) electrons. The first-order valence-corrected chi connectivity index (χ1v) is 7.73. The van der Waals surface area contributed by atoms with Crippen molar-refractivity contribution < 1.29 is 5.11 Å². The van der Waals surface area contributed by atoms with Crippen LogP contribution in [0.25, 0.3) is 0 Å². The molecule has 0 aromatic heterocycles. The molecule has 1 spiro atoms. The molecule has 0 saturated heterocycles. The zero-order valence-electron chi connectivity index (χ0n) is 13.1. The largest absolute Gasteiger partial charge is 0.506 e. The van der Waals surface area contributed by atoms with E-state index in [0.29, 0.717) is 11.6 Å². The van der Waals surface area contributed by atoms with Crippen LogP contribution in [0.15, 0.2) is 22.1 Å². The number of phenolic OH excluding ortho intramolecular Hbond substituents is 1. The lowest BCUT2D eigenvalue weighted by Gasteiger charge is -2.45. The number of nitrogens with two attached hydrogens (primary N) is 2. The van der Waals surface area contributed by atoms with E-state index < -0.39 is 5.66 Å². The number of anilines is 1. The van der Waals surface area contributed by atoms with Crippen LogP contribution in [0.1, 0.15) is 43.2 Å². The minimum Gasteiger partial charge on any atom is -0.506 e. The van der Waals surface area contributed by atoms with Crippen molar-refractivity contribution in [3.05, 3.63) is 23.3 Å². The summed E-state index contributed by atoms with van der Waals surface area (Å²) in [6.07, 6.45) is 5.02. The predicted molar refractivity (Wildman–Crippen MR) is 89.1 cm³/mol. The van der Waals surface area contributed by atoms with Crippen molar-refractivity contribution >= 4 is 17.6 Å². The van der Waals surface area contributed by atoms with Crippen LogP contribution in [-0.2, 0) is 0 Å². The minimum absolute atomic E-state index is 0.196. The standard InChI is InChI=1S/C16H23N5O/c1-10-8-12(13(22)9-11(10)2)21-15(18)19-14(17)20-16(21)6-4-3-5-7-16/h8-9,22H,3-7H2,1-2H3,(H4,17,18,19,20). The summed E-state index contributed by atoms with van der Waals surface area (Å²) in [7, 11) is 0. The number of hydrogen-bond acceptors (Lipinski definition) is 6. The van der Waals surface area contributed by atoms with Gasteiger partial charge in [-0.2, -0.15) is 4.99 Å². The number of phenols is 1. The van der Waals surface area contributed by atoms with Crippen molar-refractivity contribution in [2.75, 3.05) is 4.90 Å². The average Bonchev–Trinajstić information content (AvgIpc) is 2.44. The fourth-order valence-corrected chi connectivity index (χ4v) is 3.43. The topological polar surface area (TPSA) is 100 Å². The van der Waals surface area contributed by atoms with Crippen LogP contribution in [0.3, 0.4) is 0 Å². The Balaban J connectivity index is 2.14. The van der Waals surface area contributed by atoms with E-state index in [1.165, 1.54) is 6.42 Å². The minimum atomic E-state index is -0.520. The maximum absolute atomic E-state index is 10.4. The number of rotatable bonds is 1. The summed E-state index contributed by atoms with van der Waals surface area (Å²) in [5.74, 6) is 0.716. The third kappa shape index (κ3) is 2.28. The molecule has 1 saturated carbocycles. The maximum Gasteiger partial charge on any atom is 0.220 e. The van der Waals surface area contributed by atoms with Gasteiger partial charge < -0.3 is 16.6 Å². The maximum atomic E-state index is 10.4. The normalized spacial score (nSPS) is 20.7. The average molecular weight is 301 g/mol. The zero-order valence-corrected chi connectivity index (χ0v) is 13.1. The van der Waals surface area contributed by atoms with Crippen LogP contribution in [-0.4, -0.2) is 22.7 Å². The molecule has 6 nitrogen and oxygen atoms in total. The summed E-state index contributed by atoms with van der Waals surface area (Å²) in [5.41, 5.74) is 14.3. The highest BCUT2D eigenvalue weighted by Gasteiger charge is 2.43. The van der Waals surface area contributed by atoms with Crippen molar-refractivity contribution in [3.63, 3.8) is 0 Å². The first-order valence-electron chi connectivity index (χ1n) is 7.73. The van der Waals surface area contributed by atoms with Crippen LogP contribution in [0.4, 0.5) is 5.69 Å². The van der Waals surface area contributed by atoms with Gasteiger partial charge >= 0.3 is 0 Å². The Morgan fingerprint density at radius 3 is 2.41 bits per heavy atom. The van der Waals surface area contributed by atoms with Gasteiger partial charge in [0, 0.05) is 0 Å². The highest BCUT2D eigenvalue weighted by atomic mass is 16.3. The van der Waals surface area contributed by atoms with Crippen LogP contribution >= 0.6 is 0 Å². The lowest BCUT2D eigenvalue weighted by molar-refractivity contribution is 0.303. The Kier molecular flexibility index (Phi) is 3.47. The quantitative estimate of drug-likeness (QED) is 0.739. The van der Waals surface area contributed by atoms with E-state index in [-0.39, 0.29) is 11.7 Å². The summed E-state index contributed by atoms with van der Waals surface area (Å²) in [6.45, 7) is 3.99. The number of aromatic hydroxyl groups is 1. The molecule has 22 heavy (non-hydrogen) atoms. The molecule has 0 bridgehead atoms. The van der Waals surface area contributed by atoms with E-state index in [9.17, 15) is 5.11 Å². The first-order chi connectivity index (χ1) is 10.4. The first kappa shape index (κ1) is 14.7. The zero-order chi connectivity index (χ0) is 15.9. The summed E-state index contributed by atoms with van der Waals surface area (Å²) >= 11 is 0. The predicted octanol–water partition coefficient (Wildman–Crippen LogP) is 2.12. The molecule has 0 atom stereocenters. The van der Waals surface area contributed by atoms with Gasteiger partial charge in [0.1, 0.15) is 11.4 Å². The van der Waals surface area contributed by atoms with Crippen LogP contribution in [0.2, 0.25) is 0 Å². The number of hydrogen-bond donors (Lipinski definition) is 3. The van der Waals surface area contributed by atoms with Crippen LogP contribution < -0.4 is 16.4 Å². The summed E-state index contributed by atoms with van der Waals surface area (Å²) < 4.78 is 0. The molecular weight excluding hydrogens is 278 g/mol. The van der Waals surface area contributed by atoms with Gasteiger partial charge in [0.15, 0.2) is 0 Å². The Morgan fingerprint density at radius 2 is 1.73 bits per heavy atom. The molecule has 1 heterocycles.